The third kappa shape index (κ3) is 3.96. The Morgan fingerprint density at radius 1 is 1.19 bits per heavy atom. The average molecular weight is 437 g/mol. The Morgan fingerprint density at radius 3 is 2.69 bits per heavy atom. The zero-order chi connectivity index (χ0) is 22.8. The summed E-state index contributed by atoms with van der Waals surface area (Å²) >= 11 is 0. The van der Waals surface area contributed by atoms with Gasteiger partial charge in [-0.2, -0.15) is 5.10 Å². The van der Waals surface area contributed by atoms with Crippen molar-refractivity contribution in [3.63, 3.8) is 0 Å². The van der Waals surface area contributed by atoms with Gasteiger partial charge in [0.15, 0.2) is 18.0 Å². The zero-order valence-electron chi connectivity index (χ0n) is 17.7. The van der Waals surface area contributed by atoms with Gasteiger partial charge >= 0.3 is 5.97 Å². The van der Waals surface area contributed by atoms with Gasteiger partial charge in [0.1, 0.15) is 17.3 Å². The molecule has 0 saturated carbocycles. The van der Waals surface area contributed by atoms with Gasteiger partial charge in [0, 0.05) is 6.04 Å². The molecule has 32 heavy (non-hydrogen) atoms. The summed E-state index contributed by atoms with van der Waals surface area (Å²) in [5.41, 5.74) is 1.09. The van der Waals surface area contributed by atoms with E-state index in [0.29, 0.717) is 22.5 Å². The second-order valence-corrected chi connectivity index (χ2v) is 7.30. The van der Waals surface area contributed by atoms with Gasteiger partial charge < -0.3 is 13.9 Å². The number of halogens is 1. The molecule has 0 bridgehead atoms. The maximum absolute atomic E-state index is 13.6. The lowest BCUT2D eigenvalue weighted by molar-refractivity contribution is 0.0476. The summed E-state index contributed by atoms with van der Waals surface area (Å²) in [5, 5.41) is 4.81. The van der Waals surface area contributed by atoms with Crippen molar-refractivity contribution >= 4 is 22.8 Å². The number of hydrogen-bond acceptors (Lipinski definition) is 7. The van der Waals surface area contributed by atoms with Gasteiger partial charge in [-0.05, 0) is 50.2 Å². The summed E-state index contributed by atoms with van der Waals surface area (Å²) in [6.45, 7) is 3.30. The molecular weight excluding hydrogens is 417 g/mol. The van der Waals surface area contributed by atoms with E-state index in [-0.39, 0.29) is 22.9 Å². The Hall–Kier alpha value is -4.01. The topological polar surface area (TPSA) is 96.5 Å². The number of methoxy groups -OCH3 is 1. The van der Waals surface area contributed by atoms with Crippen LogP contribution in [0.2, 0.25) is 0 Å². The van der Waals surface area contributed by atoms with E-state index >= 15 is 0 Å². The van der Waals surface area contributed by atoms with E-state index in [0.717, 1.165) is 6.07 Å². The number of pyridine rings is 1. The molecule has 3 aromatic heterocycles. The van der Waals surface area contributed by atoms with Crippen LogP contribution in [0.5, 0.6) is 5.75 Å². The maximum atomic E-state index is 13.6. The van der Waals surface area contributed by atoms with Crippen LogP contribution in [0.15, 0.2) is 53.3 Å². The third-order valence-electron chi connectivity index (χ3n) is 4.85. The van der Waals surface area contributed by atoms with Gasteiger partial charge in [-0.15, -0.1) is 0 Å². The quantitative estimate of drug-likeness (QED) is 0.311. The van der Waals surface area contributed by atoms with E-state index in [2.05, 4.69) is 10.1 Å². The zero-order valence-corrected chi connectivity index (χ0v) is 17.7. The lowest BCUT2D eigenvalue weighted by Gasteiger charge is -2.10. The number of hydrogen-bond donors (Lipinski definition) is 0. The van der Waals surface area contributed by atoms with Crippen LogP contribution >= 0.6 is 0 Å². The number of fused-ring (bicyclic) bond motifs is 1. The number of ether oxygens (including phenoxy) is 2. The van der Waals surface area contributed by atoms with Crippen LogP contribution in [0.1, 0.15) is 40.6 Å². The number of carbonyl (C=O) groups is 2. The Bertz CT molecular complexity index is 1290. The molecule has 8 nitrogen and oxygen atoms in total. The van der Waals surface area contributed by atoms with E-state index in [9.17, 15) is 14.0 Å². The first-order chi connectivity index (χ1) is 15.4. The first-order valence-corrected chi connectivity index (χ1v) is 9.85. The fourth-order valence-electron chi connectivity index (χ4n) is 3.30. The third-order valence-corrected chi connectivity index (χ3v) is 4.85. The van der Waals surface area contributed by atoms with Crippen molar-refractivity contribution in [2.24, 2.45) is 0 Å². The van der Waals surface area contributed by atoms with Gasteiger partial charge in [0.2, 0.25) is 5.78 Å². The molecule has 0 N–H and O–H groups in total. The molecule has 164 valence electrons. The van der Waals surface area contributed by atoms with Crippen LogP contribution in [-0.4, -0.2) is 40.2 Å². The summed E-state index contributed by atoms with van der Waals surface area (Å²) in [6.07, 6.45) is 3.03. The summed E-state index contributed by atoms with van der Waals surface area (Å²) < 4.78 is 31.1. The second-order valence-electron chi connectivity index (χ2n) is 7.30. The first kappa shape index (κ1) is 21.2. The standard InChI is InChI=1S/C23H20FN3O5/c1-13(2)27-22-17(11-25-27)15(10-18(26-22)21-5-4-8-31-21)23(29)32-12-19(28)16-9-14(24)6-7-20(16)30-3/h4-11,13H,12H2,1-3H3. The van der Waals surface area contributed by atoms with Crippen molar-refractivity contribution in [1.29, 1.82) is 0 Å². The largest absolute Gasteiger partial charge is 0.496 e. The van der Waals surface area contributed by atoms with Crippen molar-refractivity contribution in [2.75, 3.05) is 13.7 Å². The van der Waals surface area contributed by atoms with Crippen molar-refractivity contribution in [2.45, 2.75) is 19.9 Å². The SMILES string of the molecule is COc1ccc(F)cc1C(=O)COC(=O)c1cc(-c2ccco2)nc2c1cnn2C(C)C. The molecule has 3 heterocycles. The highest BCUT2D eigenvalue weighted by atomic mass is 19.1. The van der Waals surface area contributed by atoms with Crippen molar-refractivity contribution < 1.29 is 27.9 Å². The summed E-state index contributed by atoms with van der Waals surface area (Å²) in [5.74, 6) is -1.27. The molecule has 4 aromatic rings. The van der Waals surface area contributed by atoms with Crippen LogP contribution in [-0.2, 0) is 4.74 Å². The van der Waals surface area contributed by atoms with Gasteiger partial charge in [-0.25, -0.2) is 18.9 Å². The van der Waals surface area contributed by atoms with Gasteiger partial charge in [-0.1, -0.05) is 0 Å². The van der Waals surface area contributed by atoms with Crippen LogP contribution in [0.25, 0.3) is 22.5 Å². The lowest BCUT2D eigenvalue weighted by atomic mass is 10.1. The van der Waals surface area contributed by atoms with Crippen LogP contribution in [0, 0.1) is 5.82 Å². The molecule has 0 unspecified atom stereocenters. The van der Waals surface area contributed by atoms with Gasteiger partial charge in [-0.3, -0.25) is 4.79 Å². The van der Waals surface area contributed by atoms with Crippen molar-refractivity contribution in [3.05, 3.63) is 65.8 Å². The monoisotopic (exact) mass is 437 g/mol. The minimum atomic E-state index is -0.739. The molecule has 0 radical (unpaired) electrons. The predicted octanol–water partition coefficient (Wildman–Crippen LogP) is 4.46. The highest BCUT2D eigenvalue weighted by Crippen LogP contribution is 2.27. The highest BCUT2D eigenvalue weighted by Gasteiger charge is 2.22. The molecule has 0 aliphatic rings. The number of carbonyl (C=O) groups excluding carboxylic acids is 2. The van der Waals surface area contributed by atoms with Gasteiger partial charge in [0.25, 0.3) is 0 Å². The molecule has 0 spiro atoms. The molecule has 4 rings (SSSR count). The molecule has 0 amide bonds. The lowest BCUT2D eigenvalue weighted by Crippen LogP contribution is -2.16. The summed E-state index contributed by atoms with van der Waals surface area (Å²) in [7, 11) is 1.37. The van der Waals surface area contributed by atoms with Crippen LogP contribution in [0.3, 0.4) is 0 Å². The number of benzene rings is 1. The normalized spacial score (nSPS) is 11.2. The molecule has 1 aromatic carbocycles. The van der Waals surface area contributed by atoms with E-state index in [1.54, 1.807) is 16.8 Å². The Kier molecular flexibility index (Phi) is 5.72. The number of aromatic nitrogens is 3. The smallest absolute Gasteiger partial charge is 0.339 e. The molecule has 0 aliphatic carbocycles. The van der Waals surface area contributed by atoms with Crippen molar-refractivity contribution in [1.82, 2.24) is 14.8 Å². The number of esters is 1. The van der Waals surface area contributed by atoms with Crippen LogP contribution in [0.4, 0.5) is 4.39 Å². The summed E-state index contributed by atoms with van der Waals surface area (Å²) in [6, 6.07) is 8.52. The molecule has 0 saturated heterocycles. The number of nitrogens with zero attached hydrogens (tertiary/aromatic N) is 3. The molecule has 0 atom stereocenters. The minimum Gasteiger partial charge on any atom is -0.496 e. The van der Waals surface area contributed by atoms with Crippen LogP contribution < -0.4 is 4.74 Å². The maximum Gasteiger partial charge on any atom is 0.339 e. The Balaban J connectivity index is 1.66. The highest BCUT2D eigenvalue weighted by molar-refractivity contribution is 6.06. The van der Waals surface area contributed by atoms with E-state index < -0.39 is 24.2 Å². The molecule has 0 aliphatic heterocycles. The summed E-state index contributed by atoms with van der Waals surface area (Å²) in [4.78, 5) is 30.1. The van der Waals surface area contributed by atoms with E-state index in [1.807, 2.05) is 13.8 Å². The molecule has 9 heteroatoms. The number of rotatable bonds is 7. The number of Topliss-reactive ketones (excluding diaryl/α,β-unsaturated/α-hetero) is 1. The Labute approximate surface area is 182 Å². The number of furan rings is 1. The molecular formula is C23H20FN3O5. The fraction of sp³-hybridized carbons (Fsp3) is 0.217. The average Bonchev–Trinajstić information content (AvgIpc) is 3.46. The van der Waals surface area contributed by atoms with Gasteiger partial charge in [0.05, 0.1) is 36.1 Å². The number of ketones is 1. The van der Waals surface area contributed by atoms with E-state index in [1.165, 1.54) is 37.8 Å². The minimum absolute atomic E-state index is 0.00209. The fourth-order valence-corrected chi connectivity index (χ4v) is 3.30. The Morgan fingerprint density at radius 2 is 2.00 bits per heavy atom. The predicted molar refractivity (Wildman–Crippen MR) is 113 cm³/mol. The van der Waals surface area contributed by atoms with E-state index in [4.69, 9.17) is 13.9 Å². The second kappa shape index (κ2) is 8.62. The molecule has 0 fully saturated rings. The first-order valence-electron chi connectivity index (χ1n) is 9.85. The van der Waals surface area contributed by atoms with Crippen molar-refractivity contribution in [3.8, 4) is 17.2 Å².